The number of hydrogen-bond donors (Lipinski definition) is 0. The third kappa shape index (κ3) is 3.62. The monoisotopic (exact) mass is 423 g/mol. The summed E-state index contributed by atoms with van der Waals surface area (Å²) in [7, 11) is 6.08. The molecule has 0 fully saturated rings. The average molecular weight is 424 g/mol. The van der Waals surface area contributed by atoms with Crippen molar-refractivity contribution in [1.29, 1.82) is 0 Å². The van der Waals surface area contributed by atoms with E-state index in [0.29, 0.717) is 28.7 Å². The Morgan fingerprint density at radius 2 is 1.69 bits per heavy atom. The first kappa shape index (κ1) is 20.0. The summed E-state index contributed by atoms with van der Waals surface area (Å²) in [5.74, 6) is 1.56. The number of ketones is 1. The van der Waals surface area contributed by atoms with Crippen molar-refractivity contribution in [1.82, 2.24) is 4.98 Å². The van der Waals surface area contributed by atoms with Crippen molar-refractivity contribution in [3.8, 4) is 23.1 Å². The van der Waals surface area contributed by atoms with E-state index >= 15 is 0 Å². The summed E-state index contributed by atoms with van der Waals surface area (Å²) in [6.07, 6.45) is 1.78. The molecule has 0 N–H and O–H groups in total. The second kappa shape index (κ2) is 8.40. The zero-order chi connectivity index (χ0) is 19.4. The molecule has 6 nitrogen and oxygen atoms in total. The lowest BCUT2D eigenvalue weighted by molar-refractivity contribution is 0.0987. The van der Waals surface area contributed by atoms with E-state index in [1.807, 2.05) is 13.8 Å². The molecule has 26 heavy (non-hydrogen) atoms. The van der Waals surface area contributed by atoms with Gasteiger partial charge in [-0.3, -0.25) is 4.79 Å². The second-order valence-corrected chi connectivity index (χ2v) is 6.51. The predicted molar refractivity (Wildman–Crippen MR) is 102 cm³/mol. The number of benzene rings is 1. The highest BCUT2D eigenvalue weighted by molar-refractivity contribution is 9.10. The maximum atomic E-state index is 13.1. The largest absolute Gasteiger partial charge is 0.493 e. The smallest absolute Gasteiger partial charge is 0.217 e. The minimum absolute atomic E-state index is 0.119. The number of aryl methyl sites for hydroxylation is 1. The van der Waals surface area contributed by atoms with Crippen LogP contribution >= 0.6 is 15.9 Å². The van der Waals surface area contributed by atoms with Crippen LogP contribution in [0.2, 0.25) is 0 Å². The third-order valence-electron chi connectivity index (χ3n) is 4.20. The van der Waals surface area contributed by atoms with Gasteiger partial charge in [-0.05, 0) is 47.0 Å². The minimum atomic E-state index is -0.124. The van der Waals surface area contributed by atoms with Crippen LogP contribution in [0.1, 0.15) is 27.0 Å². The first-order valence-corrected chi connectivity index (χ1v) is 8.69. The number of hydrogen-bond acceptors (Lipinski definition) is 6. The van der Waals surface area contributed by atoms with Gasteiger partial charge in [-0.25, -0.2) is 4.98 Å². The van der Waals surface area contributed by atoms with Gasteiger partial charge in [-0.1, -0.05) is 0 Å². The van der Waals surface area contributed by atoms with Crippen LogP contribution in [0, 0.1) is 13.8 Å². The van der Waals surface area contributed by atoms with Crippen LogP contribution in [0.4, 0.5) is 0 Å². The molecular weight excluding hydrogens is 402 g/mol. The molecular formula is C19H22BrNO5. The molecule has 1 aromatic heterocycles. The Hall–Kier alpha value is -2.28. The van der Waals surface area contributed by atoms with Crippen molar-refractivity contribution in [3.05, 3.63) is 39.0 Å². The van der Waals surface area contributed by atoms with Crippen molar-refractivity contribution in [2.75, 3.05) is 28.4 Å². The number of halogens is 1. The zero-order valence-electron chi connectivity index (χ0n) is 15.7. The van der Waals surface area contributed by atoms with E-state index in [-0.39, 0.29) is 12.2 Å². The number of Topliss-reactive ketones (excluding diaryl/α,β-unsaturated/α-hetero) is 1. The fourth-order valence-electron chi connectivity index (χ4n) is 2.85. The van der Waals surface area contributed by atoms with Gasteiger partial charge in [0.2, 0.25) is 11.6 Å². The van der Waals surface area contributed by atoms with Gasteiger partial charge in [0.25, 0.3) is 0 Å². The van der Waals surface area contributed by atoms with Gasteiger partial charge in [-0.2, -0.15) is 0 Å². The summed E-state index contributed by atoms with van der Waals surface area (Å²) < 4.78 is 22.3. The van der Waals surface area contributed by atoms with Crippen molar-refractivity contribution in [2.45, 2.75) is 20.3 Å². The van der Waals surface area contributed by atoms with Crippen LogP contribution in [-0.2, 0) is 6.42 Å². The van der Waals surface area contributed by atoms with Crippen molar-refractivity contribution >= 4 is 21.7 Å². The average Bonchev–Trinajstić information content (AvgIpc) is 2.64. The molecule has 0 aliphatic rings. The Bertz CT molecular complexity index is 835. The highest BCUT2D eigenvalue weighted by Gasteiger charge is 2.25. The first-order valence-electron chi connectivity index (χ1n) is 7.90. The van der Waals surface area contributed by atoms with Gasteiger partial charge in [-0.15, -0.1) is 0 Å². The zero-order valence-corrected chi connectivity index (χ0v) is 17.3. The summed E-state index contributed by atoms with van der Waals surface area (Å²) >= 11 is 3.45. The molecule has 0 bridgehead atoms. The molecule has 1 heterocycles. The van der Waals surface area contributed by atoms with Crippen LogP contribution in [0.15, 0.2) is 16.7 Å². The molecule has 140 valence electrons. The molecule has 7 heteroatoms. The van der Waals surface area contributed by atoms with E-state index in [4.69, 9.17) is 18.9 Å². The summed E-state index contributed by atoms with van der Waals surface area (Å²) in [5, 5.41) is 0. The number of rotatable bonds is 7. The molecule has 0 aliphatic carbocycles. The maximum absolute atomic E-state index is 13.1. The number of methoxy groups -OCH3 is 4. The normalized spacial score (nSPS) is 10.4. The fourth-order valence-corrected chi connectivity index (χ4v) is 3.19. The van der Waals surface area contributed by atoms with Gasteiger partial charge in [0.15, 0.2) is 17.3 Å². The lowest BCUT2D eigenvalue weighted by Gasteiger charge is -2.18. The molecule has 1 aromatic carbocycles. The fraction of sp³-hybridized carbons (Fsp3) is 0.368. The Morgan fingerprint density at radius 1 is 1.04 bits per heavy atom. The quantitative estimate of drug-likeness (QED) is 0.628. The van der Waals surface area contributed by atoms with Crippen LogP contribution in [0.3, 0.4) is 0 Å². The van der Waals surface area contributed by atoms with E-state index in [2.05, 4.69) is 20.9 Å². The van der Waals surface area contributed by atoms with Gasteiger partial charge < -0.3 is 18.9 Å². The van der Waals surface area contributed by atoms with Crippen LogP contribution in [0.25, 0.3) is 0 Å². The van der Waals surface area contributed by atoms with E-state index < -0.39 is 0 Å². The number of aromatic nitrogens is 1. The molecule has 0 saturated carbocycles. The SMILES string of the molecule is COc1cc(C)c(C(=O)Cc2c(OC)ncc(Br)c2C)c(OC)c1OC. The lowest BCUT2D eigenvalue weighted by Crippen LogP contribution is -2.12. The summed E-state index contributed by atoms with van der Waals surface area (Å²) in [6.45, 7) is 3.75. The summed E-state index contributed by atoms with van der Waals surface area (Å²) in [6, 6.07) is 1.76. The number of carbonyl (C=O) groups excluding carboxylic acids is 1. The van der Waals surface area contributed by atoms with E-state index in [0.717, 1.165) is 21.2 Å². The van der Waals surface area contributed by atoms with E-state index in [9.17, 15) is 4.79 Å². The number of ether oxygens (including phenoxy) is 4. The van der Waals surface area contributed by atoms with Crippen molar-refractivity contribution in [3.63, 3.8) is 0 Å². The maximum Gasteiger partial charge on any atom is 0.217 e. The second-order valence-electron chi connectivity index (χ2n) is 5.66. The highest BCUT2D eigenvalue weighted by atomic mass is 79.9. The minimum Gasteiger partial charge on any atom is -0.493 e. The van der Waals surface area contributed by atoms with Gasteiger partial charge in [0, 0.05) is 22.7 Å². The van der Waals surface area contributed by atoms with Crippen molar-refractivity contribution < 1.29 is 23.7 Å². The highest BCUT2D eigenvalue weighted by Crippen LogP contribution is 2.42. The molecule has 0 radical (unpaired) electrons. The van der Waals surface area contributed by atoms with Gasteiger partial charge in [0.1, 0.15) is 0 Å². The summed E-state index contributed by atoms with van der Waals surface area (Å²) in [4.78, 5) is 17.4. The molecule has 0 amide bonds. The molecule has 0 atom stereocenters. The van der Waals surface area contributed by atoms with Crippen molar-refractivity contribution in [2.24, 2.45) is 0 Å². The first-order chi connectivity index (χ1) is 12.4. The Morgan fingerprint density at radius 3 is 2.23 bits per heavy atom. The number of pyridine rings is 1. The topological polar surface area (TPSA) is 66.9 Å². The van der Waals surface area contributed by atoms with E-state index in [1.165, 1.54) is 21.3 Å². The molecule has 2 aromatic rings. The Labute approximate surface area is 161 Å². The molecule has 2 rings (SSSR count). The Kier molecular flexibility index (Phi) is 6.47. The molecule has 0 unspecified atom stereocenters. The number of nitrogens with zero attached hydrogens (tertiary/aromatic N) is 1. The Balaban J connectivity index is 2.57. The summed E-state index contributed by atoms with van der Waals surface area (Å²) in [5.41, 5.74) is 2.82. The van der Waals surface area contributed by atoms with Crippen LogP contribution in [0.5, 0.6) is 23.1 Å². The van der Waals surface area contributed by atoms with E-state index in [1.54, 1.807) is 19.4 Å². The number of carbonyl (C=O) groups is 1. The van der Waals surface area contributed by atoms with Gasteiger partial charge >= 0.3 is 0 Å². The molecule has 0 saturated heterocycles. The van der Waals surface area contributed by atoms with Crippen LogP contribution < -0.4 is 18.9 Å². The molecule has 0 aliphatic heterocycles. The third-order valence-corrected chi connectivity index (χ3v) is 5.00. The standard InChI is InChI=1S/C19H22BrNO5/c1-10-7-15(23-3)17(24-4)18(25-5)16(10)14(22)8-12-11(2)13(20)9-21-19(12)26-6/h7,9H,8H2,1-6H3. The molecule has 0 spiro atoms. The van der Waals surface area contributed by atoms with Gasteiger partial charge in [0.05, 0.1) is 34.0 Å². The predicted octanol–water partition coefficient (Wildman–Crippen LogP) is 3.92. The lowest BCUT2D eigenvalue weighted by atomic mass is 9.96. The van der Waals surface area contributed by atoms with Crippen LogP contribution in [-0.4, -0.2) is 39.2 Å².